The van der Waals surface area contributed by atoms with Gasteiger partial charge < -0.3 is 4.90 Å². The van der Waals surface area contributed by atoms with Crippen LogP contribution in [0.2, 0.25) is 0 Å². The van der Waals surface area contributed by atoms with E-state index in [1.54, 1.807) is 0 Å². The van der Waals surface area contributed by atoms with E-state index in [0.717, 1.165) is 6.42 Å². The minimum Gasteiger partial charge on any atom is -0.310 e. The van der Waals surface area contributed by atoms with Gasteiger partial charge in [-0.1, -0.05) is 141 Å². The molecule has 2 aliphatic rings. The third-order valence-corrected chi connectivity index (χ3v) is 11.1. The number of hydrogen-bond acceptors (Lipinski definition) is 1. The lowest BCUT2D eigenvalue weighted by molar-refractivity contribution is 0.660. The van der Waals surface area contributed by atoms with Crippen molar-refractivity contribution in [2.75, 3.05) is 4.90 Å². The number of benzene rings is 7. The average Bonchev–Trinajstić information content (AvgIpc) is 3.41. The van der Waals surface area contributed by atoms with Crippen molar-refractivity contribution in [3.63, 3.8) is 0 Å². The fourth-order valence-electron chi connectivity index (χ4n) is 8.37. The molecular weight excluding hydrogens is 603 g/mol. The quantitative estimate of drug-likeness (QED) is 0.174. The highest BCUT2D eigenvalue weighted by Crippen LogP contribution is 2.53. The molecule has 0 spiro atoms. The lowest BCUT2D eigenvalue weighted by Gasteiger charge is -2.29. The molecular formula is C49H41N. The standard InChI is InChI=1S/C49H41N/c1-49(2)46-19-11-18-44(39-15-7-4-8-16-39)48(46)45-31-30-43(33-47(45)49)50(42-29-26-35-14-9-10-17-40(35)32-42)41-27-24-38(25-28-41)37-22-20-36(21-23-37)34-12-5-3-6-13-34/h3-8,11-13,15-16,18-33H,9-10,14,17H2,1-2H3. The number of nitrogens with zero attached hydrogens (tertiary/aromatic N) is 1. The van der Waals surface area contributed by atoms with Crippen LogP contribution in [0.15, 0.2) is 164 Å². The molecule has 0 saturated carbocycles. The van der Waals surface area contributed by atoms with E-state index in [1.807, 2.05) is 0 Å². The summed E-state index contributed by atoms with van der Waals surface area (Å²) in [5.74, 6) is 0. The highest BCUT2D eigenvalue weighted by atomic mass is 15.1. The van der Waals surface area contributed by atoms with Crippen LogP contribution in [0.3, 0.4) is 0 Å². The topological polar surface area (TPSA) is 3.24 Å². The van der Waals surface area contributed by atoms with Crippen molar-refractivity contribution in [3.8, 4) is 44.5 Å². The highest BCUT2D eigenvalue weighted by Gasteiger charge is 2.37. The number of hydrogen-bond donors (Lipinski definition) is 0. The highest BCUT2D eigenvalue weighted by molar-refractivity contribution is 5.94. The molecule has 9 rings (SSSR count). The summed E-state index contributed by atoms with van der Waals surface area (Å²) in [4.78, 5) is 2.47. The molecule has 0 fully saturated rings. The molecule has 0 heterocycles. The molecule has 7 aromatic carbocycles. The maximum Gasteiger partial charge on any atom is 0.0465 e. The molecule has 0 amide bonds. The average molecular weight is 644 g/mol. The molecule has 1 heteroatoms. The Morgan fingerprint density at radius 1 is 0.400 bits per heavy atom. The lowest BCUT2D eigenvalue weighted by atomic mass is 9.81. The van der Waals surface area contributed by atoms with Crippen LogP contribution in [0.1, 0.15) is 48.9 Å². The smallest absolute Gasteiger partial charge is 0.0465 e. The van der Waals surface area contributed by atoms with Crippen LogP contribution >= 0.6 is 0 Å². The molecule has 0 aromatic heterocycles. The van der Waals surface area contributed by atoms with Crippen LogP contribution in [0.25, 0.3) is 44.5 Å². The van der Waals surface area contributed by atoms with Gasteiger partial charge in [0.25, 0.3) is 0 Å². The number of rotatable bonds is 6. The zero-order chi connectivity index (χ0) is 33.7. The van der Waals surface area contributed by atoms with Crippen LogP contribution < -0.4 is 4.90 Å². The summed E-state index contributed by atoms with van der Waals surface area (Å²) < 4.78 is 0. The molecule has 50 heavy (non-hydrogen) atoms. The SMILES string of the molecule is CC1(C)c2cc(N(c3ccc(-c4ccc(-c5ccccc5)cc4)cc3)c3ccc4c(c3)CCCC4)ccc2-c2c(-c3ccccc3)cccc21. The van der Waals surface area contributed by atoms with E-state index < -0.39 is 0 Å². The zero-order valence-electron chi connectivity index (χ0n) is 28.9. The van der Waals surface area contributed by atoms with Crippen LogP contribution in [-0.4, -0.2) is 0 Å². The van der Waals surface area contributed by atoms with E-state index in [4.69, 9.17) is 0 Å². The van der Waals surface area contributed by atoms with Gasteiger partial charge in [0.05, 0.1) is 0 Å². The van der Waals surface area contributed by atoms with Crippen molar-refractivity contribution in [1.29, 1.82) is 0 Å². The van der Waals surface area contributed by atoms with Crippen LogP contribution in [-0.2, 0) is 18.3 Å². The summed E-state index contributed by atoms with van der Waals surface area (Å²) in [7, 11) is 0. The second-order valence-electron chi connectivity index (χ2n) is 14.4. The fraction of sp³-hybridized carbons (Fsp3) is 0.143. The predicted molar refractivity (Wildman–Crippen MR) is 212 cm³/mol. The van der Waals surface area contributed by atoms with Gasteiger partial charge in [0.15, 0.2) is 0 Å². The Balaban J connectivity index is 1.13. The molecule has 0 radical (unpaired) electrons. The van der Waals surface area contributed by atoms with Crippen molar-refractivity contribution < 1.29 is 0 Å². The first kappa shape index (κ1) is 30.4. The molecule has 0 bridgehead atoms. The van der Waals surface area contributed by atoms with Crippen molar-refractivity contribution in [1.82, 2.24) is 0 Å². The van der Waals surface area contributed by atoms with E-state index >= 15 is 0 Å². The maximum atomic E-state index is 2.47. The first-order valence-electron chi connectivity index (χ1n) is 18.1. The van der Waals surface area contributed by atoms with Crippen molar-refractivity contribution in [2.45, 2.75) is 44.9 Å². The van der Waals surface area contributed by atoms with Gasteiger partial charge in [0.2, 0.25) is 0 Å². The third-order valence-electron chi connectivity index (χ3n) is 11.1. The van der Waals surface area contributed by atoms with Gasteiger partial charge in [-0.3, -0.25) is 0 Å². The minimum atomic E-state index is -0.122. The van der Waals surface area contributed by atoms with Gasteiger partial charge in [-0.15, -0.1) is 0 Å². The maximum absolute atomic E-state index is 2.47. The summed E-state index contributed by atoms with van der Waals surface area (Å²) in [6, 6.07) is 60.7. The fourth-order valence-corrected chi connectivity index (χ4v) is 8.37. The van der Waals surface area contributed by atoms with E-state index in [9.17, 15) is 0 Å². The molecule has 2 aliphatic carbocycles. The van der Waals surface area contributed by atoms with E-state index in [2.05, 4.69) is 183 Å². The summed E-state index contributed by atoms with van der Waals surface area (Å²) in [6.45, 7) is 4.77. The Morgan fingerprint density at radius 3 is 1.62 bits per heavy atom. The molecule has 0 unspecified atom stereocenters. The molecule has 0 N–H and O–H groups in total. The van der Waals surface area contributed by atoms with Crippen LogP contribution in [0.5, 0.6) is 0 Å². The van der Waals surface area contributed by atoms with Gasteiger partial charge in [-0.25, -0.2) is 0 Å². The molecule has 0 saturated heterocycles. The Kier molecular flexibility index (Phi) is 7.50. The van der Waals surface area contributed by atoms with Crippen LogP contribution in [0, 0.1) is 0 Å². The summed E-state index contributed by atoms with van der Waals surface area (Å²) in [5.41, 5.74) is 19.5. The Hall–Kier alpha value is -5.66. The minimum absolute atomic E-state index is 0.122. The molecule has 1 nitrogen and oxygen atoms in total. The van der Waals surface area contributed by atoms with E-state index in [-0.39, 0.29) is 5.41 Å². The predicted octanol–water partition coefficient (Wildman–Crippen LogP) is 13.3. The van der Waals surface area contributed by atoms with Crippen molar-refractivity contribution in [3.05, 3.63) is 186 Å². The van der Waals surface area contributed by atoms with Crippen LogP contribution in [0.4, 0.5) is 17.1 Å². The second kappa shape index (κ2) is 12.3. The third kappa shape index (κ3) is 5.26. The Morgan fingerprint density at radius 2 is 0.940 bits per heavy atom. The van der Waals surface area contributed by atoms with Gasteiger partial charge in [0.1, 0.15) is 0 Å². The largest absolute Gasteiger partial charge is 0.310 e. The first-order valence-corrected chi connectivity index (χ1v) is 18.1. The Labute approximate surface area is 296 Å². The van der Waals surface area contributed by atoms with Gasteiger partial charge >= 0.3 is 0 Å². The summed E-state index contributed by atoms with van der Waals surface area (Å²) in [5, 5.41) is 0. The summed E-state index contributed by atoms with van der Waals surface area (Å²) in [6.07, 6.45) is 4.89. The molecule has 0 aliphatic heterocycles. The number of anilines is 3. The molecule has 7 aromatic rings. The normalized spacial score (nSPS) is 14.0. The Bertz CT molecular complexity index is 2310. The monoisotopic (exact) mass is 643 g/mol. The molecule has 0 atom stereocenters. The van der Waals surface area contributed by atoms with Crippen molar-refractivity contribution >= 4 is 17.1 Å². The lowest BCUT2D eigenvalue weighted by Crippen LogP contribution is -2.17. The van der Waals surface area contributed by atoms with Gasteiger partial charge in [0, 0.05) is 22.5 Å². The van der Waals surface area contributed by atoms with E-state index in [0.29, 0.717) is 0 Å². The van der Waals surface area contributed by atoms with Crippen molar-refractivity contribution in [2.24, 2.45) is 0 Å². The first-order chi connectivity index (χ1) is 24.5. The molecule has 242 valence electrons. The van der Waals surface area contributed by atoms with E-state index in [1.165, 1.54) is 103 Å². The van der Waals surface area contributed by atoms with Gasteiger partial charge in [-0.05, 0) is 129 Å². The second-order valence-corrected chi connectivity index (χ2v) is 14.4. The number of aryl methyl sites for hydroxylation is 2. The van der Waals surface area contributed by atoms with Gasteiger partial charge in [-0.2, -0.15) is 0 Å². The summed E-state index contributed by atoms with van der Waals surface area (Å²) >= 11 is 0. The number of fused-ring (bicyclic) bond motifs is 4. The zero-order valence-corrected chi connectivity index (χ0v) is 28.9.